The quantitative estimate of drug-likeness (QED) is 0.392. The van der Waals surface area contributed by atoms with Gasteiger partial charge in [0.2, 0.25) is 10.0 Å². The summed E-state index contributed by atoms with van der Waals surface area (Å²) in [4.78, 5) is 7.68. The average molecular weight is 567 g/mol. The van der Waals surface area contributed by atoms with Crippen LogP contribution in [0.3, 0.4) is 0 Å². The number of sulfonamides is 1. The Morgan fingerprint density at radius 3 is 2.90 bits per heavy atom. The van der Waals surface area contributed by atoms with Crippen molar-refractivity contribution < 1.29 is 18.3 Å². The first kappa shape index (κ1) is 27.7. The van der Waals surface area contributed by atoms with Crippen LogP contribution in [0.4, 0.5) is 0 Å². The van der Waals surface area contributed by atoms with Crippen LogP contribution in [-0.2, 0) is 16.4 Å². The maximum Gasteiger partial charge on any atom is 0.213 e. The number of aromatic nitrogens is 1. The Morgan fingerprint density at radius 1 is 1.28 bits per heavy atom. The molecule has 1 fully saturated rings. The molecular weight excluding hydrogens is 532 g/mol. The number of ether oxygens (including phenoxy) is 1. The monoisotopic (exact) mass is 566 g/mol. The van der Waals surface area contributed by atoms with E-state index in [1.807, 2.05) is 55.3 Å². The van der Waals surface area contributed by atoms with Gasteiger partial charge in [0, 0.05) is 30.9 Å². The molecule has 0 amide bonds. The van der Waals surface area contributed by atoms with E-state index < -0.39 is 10.0 Å². The molecule has 1 saturated heterocycles. The first-order valence-electron chi connectivity index (χ1n) is 13.4. The van der Waals surface area contributed by atoms with Crippen molar-refractivity contribution in [1.82, 2.24) is 14.6 Å². The summed E-state index contributed by atoms with van der Waals surface area (Å²) in [6, 6.07) is 13.6. The highest BCUT2D eigenvalue weighted by molar-refractivity contribution is 7.89. The van der Waals surface area contributed by atoms with Crippen molar-refractivity contribution in [2.45, 2.75) is 57.8 Å². The zero-order chi connectivity index (χ0) is 27.6. The van der Waals surface area contributed by atoms with Crippen molar-refractivity contribution >= 4 is 21.4 Å². The fourth-order valence-corrected chi connectivity index (χ4v) is 7.67. The van der Waals surface area contributed by atoms with Crippen LogP contribution in [0, 0.1) is 11.3 Å². The first-order valence-corrected chi connectivity index (χ1v) is 15.9. The summed E-state index contributed by atoms with van der Waals surface area (Å²) in [5, 5.41) is 20.3. The standard InChI is InChI=1S/C29H34N4O4S2/c1-19(2)37-27-11-8-20(15-21(27)16-30)29-31-17-28(38-29)25-7-3-6-24-23(25)9-10-26(24)32-39(35,36)14-13-33-12-4-5-22(34)18-33/h3,6-8,11,15,17,19,22,26,32,34H,4-5,9-10,12-14,18H2,1-2H3. The van der Waals surface area contributed by atoms with Gasteiger partial charge in [0.1, 0.15) is 16.8 Å². The Kier molecular flexibility index (Phi) is 8.35. The summed E-state index contributed by atoms with van der Waals surface area (Å²) >= 11 is 1.56. The molecule has 2 aromatic carbocycles. The molecule has 1 aromatic heterocycles. The second-order valence-electron chi connectivity index (χ2n) is 10.5. The van der Waals surface area contributed by atoms with E-state index in [1.165, 1.54) is 0 Å². The van der Waals surface area contributed by atoms with Crippen molar-refractivity contribution in [2.24, 2.45) is 0 Å². The predicted octanol–water partition coefficient (Wildman–Crippen LogP) is 4.50. The smallest absolute Gasteiger partial charge is 0.213 e. The molecule has 2 atom stereocenters. The van der Waals surface area contributed by atoms with Crippen LogP contribution < -0.4 is 9.46 Å². The van der Waals surface area contributed by atoms with Crippen molar-refractivity contribution in [3.8, 4) is 32.8 Å². The Balaban J connectivity index is 1.31. The van der Waals surface area contributed by atoms with Crippen LogP contribution in [0.5, 0.6) is 5.75 Å². The van der Waals surface area contributed by atoms with Crippen molar-refractivity contribution in [2.75, 3.05) is 25.4 Å². The Labute approximate surface area is 234 Å². The van der Waals surface area contributed by atoms with E-state index in [0.29, 0.717) is 30.8 Å². The van der Waals surface area contributed by atoms with Crippen LogP contribution in [0.25, 0.3) is 21.0 Å². The summed E-state index contributed by atoms with van der Waals surface area (Å²) in [7, 11) is -3.47. The molecule has 206 valence electrons. The summed E-state index contributed by atoms with van der Waals surface area (Å²) in [5.74, 6) is 0.589. The fraction of sp³-hybridized carbons (Fsp3) is 0.448. The number of benzene rings is 2. The van der Waals surface area contributed by atoms with Gasteiger partial charge >= 0.3 is 0 Å². The number of nitriles is 1. The lowest BCUT2D eigenvalue weighted by Gasteiger charge is -2.29. The van der Waals surface area contributed by atoms with E-state index in [2.05, 4.69) is 21.8 Å². The molecule has 1 aliphatic carbocycles. The van der Waals surface area contributed by atoms with Crippen molar-refractivity contribution in [3.05, 3.63) is 59.3 Å². The van der Waals surface area contributed by atoms with Gasteiger partial charge in [-0.1, -0.05) is 18.2 Å². The average Bonchev–Trinajstić information content (AvgIpc) is 3.55. The highest BCUT2D eigenvalue weighted by Crippen LogP contribution is 2.41. The summed E-state index contributed by atoms with van der Waals surface area (Å²) < 4.78 is 34.5. The van der Waals surface area contributed by atoms with Gasteiger partial charge in [-0.05, 0) is 81.0 Å². The normalized spacial score (nSPS) is 19.7. The molecule has 10 heteroatoms. The molecule has 0 radical (unpaired) electrons. The number of piperidine rings is 1. The van der Waals surface area contributed by atoms with E-state index in [0.717, 1.165) is 57.9 Å². The van der Waals surface area contributed by atoms with Gasteiger partial charge in [-0.15, -0.1) is 11.3 Å². The minimum Gasteiger partial charge on any atom is -0.490 e. The third-order valence-corrected chi connectivity index (χ3v) is 9.67. The largest absolute Gasteiger partial charge is 0.490 e. The molecule has 5 rings (SSSR count). The molecule has 2 aliphatic rings. The van der Waals surface area contributed by atoms with Gasteiger partial charge in [-0.3, -0.25) is 4.90 Å². The van der Waals surface area contributed by atoms with E-state index in [4.69, 9.17) is 4.74 Å². The molecule has 2 heterocycles. The van der Waals surface area contributed by atoms with Crippen LogP contribution in [0.15, 0.2) is 42.6 Å². The van der Waals surface area contributed by atoms with Gasteiger partial charge in [-0.2, -0.15) is 5.26 Å². The molecule has 2 unspecified atom stereocenters. The zero-order valence-electron chi connectivity index (χ0n) is 22.3. The topological polar surface area (TPSA) is 116 Å². The number of hydrogen-bond donors (Lipinski definition) is 2. The summed E-state index contributed by atoms with van der Waals surface area (Å²) in [6.07, 6.45) is 4.63. The molecule has 1 aliphatic heterocycles. The number of thiazole rings is 1. The van der Waals surface area contributed by atoms with Gasteiger partial charge in [0.15, 0.2) is 0 Å². The lowest BCUT2D eigenvalue weighted by Crippen LogP contribution is -2.42. The second kappa shape index (κ2) is 11.7. The third-order valence-electron chi connectivity index (χ3n) is 7.23. The Hall–Kier alpha value is -2.81. The number of hydrogen-bond acceptors (Lipinski definition) is 8. The van der Waals surface area contributed by atoms with Crippen molar-refractivity contribution in [1.29, 1.82) is 5.26 Å². The van der Waals surface area contributed by atoms with Crippen molar-refractivity contribution in [3.63, 3.8) is 0 Å². The molecule has 0 spiro atoms. The molecule has 39 heavy (non-hydrogen) atoms. The highest BCUT2D eigenvalue weighted by Gasteiger charge is 2.29. The fourth-order valence-electron chi connectivity index (χ4n) is 5.41. The number of nitrogens with one attached hydrogen (secondary N) is 1. The van der Waals surface area contributed by atoms with Crippen LogP contribution in [0.2, 0.25) is 0 Å². The maximum absolute atomic E-state index is 12.9. The summed E-state index contributed by atoms with van der Waals surface area (Å²) in [5.41, 5.74) is 4.57. The molecule has 8 nitrogen and oxygen atoms in total. The maximum atomic E-state index is 12.9. The SMILES string of the molecule is CC(C)Oc1ccc(-c2ncc(-c3cccc4c3CCC4NS(=O)(=O)CCN3CCCC(O)C3)s2)cc1C#N. The van der Waals surface area contributed by atoms with Gasteiger partial charge in [0.05, 0.1) is 28.4 Å². The Morgan fingerprint density at radius 2 is 2.13 bits per heavy atom. The number of nitrogens with zero attached hydrogens (tertiary/aromatic N) is 3. The lowest BCUT2D eigenvalue weighted by molar-refractivity contribution is 0.0740. The molecule has 0 bridgehead atoms. The summed E-state index contributed by atoms with van der Waals surface area (Å²) in [6.45, 7) is 5.64. The van der Waals surface area contributed by atoms with Gasteiger partial charge in [-0.25, -0.2) is 18.1 Å². The third kappa shape index (κ3) is 6.51. The Bertz CT molecular complexity index is 1480. The highest BCUT2D eigenvalue weighted by atomic mass is 32.2. The predicted molar refractivity (Wildman–Crippen MR) is 153 cm³/mol. The van der Waals surface area contributed by atoms with Crippen LogP contribution in [-0.4, -0.2) is 61.0 Å². The van der Waals surface area contributed by atoms with E-state index >= 15 is 0 Å². The number of aliphatic hydroxyl groups is 1. The van der Waals surface area contributed by atoms with E-state index in [1.54, 1.807) is 11.3 Å². The lowest BCUT2D eigenvalue weighted by atomic mass is 10.0. The zero-order valence-corrected chi connectivity index (χ0v) is 23.9. The van der Waals surface area contributed by atoms with Gasteiger partial charge < -0.3 is 9.84 Å². The number of likely N-dealkylation sites (tertiary alicyclic amines) is 1. The molecule has 2 N–H and O–H groups in total. The van der Waals surface area contributed by atoms with Crippen LogP contribution in [0.1, 0.15) is 55.8 Å². The van der Waals surface area contributed by atoms with Gasteiger partial charge in [0.25, 0.3) is 0 Å². The number of rotatable bonds is 9. The van der Waals surface area contributed by atoms with E-state index in [-0.39, 0.29) is 24.0 Å². The molecule has 0 saturated carbocycles. The van der Waals surface area contributed by atoms with E-state index in [9.17, 15) is 18.8 Å². The molecule has 3 aromatic rings. The second-order valence-corrected chi connectivity index (χ2v) is 13.4. The van der Waals surface area contributed by atoms with Crippen LogP contribution >= 0.6 is 11.3 Å². The molecular formula is C29H34N4O4S2. The number of fused-ring (bicyclic) bond motifs is 1. The number of aliphatic hydroxyl groups excluding tert-OH is 1. The first-order chi connectivity index (χ1) is 18.7. The number of β-amino-alcohol motifs (C(OH)–C–C–N with tert-alkyl or cyclic N) is 1. The minimum absolute atomic E-state index is 0.0217. The minimum atomic E-state index is -3.47.